The molecule has 1 aliphatic heterocycles. The minimum Gasteiger partial charge on any atom is -0.490 e. The average Bonchev–Trinajstić information content (AvgIpc) is 2.88. The van der Waals surface area contributed by atoms with E-state index < -0.39 is 0 Å². The molecule has 0 spiro atoms. The summed E-state index contributed by atoms with van der Waals surface area (Å²) in [5.74, 6) is 1.64. The molecule has 96 valence electrons. The van der Waals surface area contributed by atoms with Gasteiger partial charge in [-0.2, -0.15) is 0 Å². The van der Waals surface area contributed by atoms with Gasteiger partial charge in [0.25, 0.3) is 0 Å². The van der Waals surface area contributed by atoms with Crippen LogP contribution >= 0.6 is 0 Å². The zero-order chi connectivity index (χ0) is 13.1. The van der Waals surface area contributed by atoms with E-state index in [9.17, 15) is 4.79 Å². The Morgan fingerprint density at radius 3 is 2.95 bits per heavy atom. The average molecular weight is 254 g/mol. The third-order valence-electron chi connectivity index (χ3n) is 3.14. The number of hydrogen-bond donors (Lipinski definition) is 0. The van der Waals surface area contributed by atoms with Crippen LogP contribution in [-0.4, -0.2) is 19.0 Å². The predicted molar refractivity (Wildman–Crippen MR) is 71.9 cm³/mol. The van der Waals surface area contributed by atoms with Crippen LogP contribution in [0.4, 0.5) is 0 Å². The summed E-state index contributed by atoms with van der Waals surface area (Å²) in [4.78, 5) is 10.7. The number of ether oxygens (including phenoxy) is 2. The van der Waals surface area contributed by atoms with Crippen molar-refractivity contribution in [1.29, 1.82) is 0 Å². The fourth-order valence-corrected chi connectivity index (χ4v) is 2.21. The summed E-state index contributed by atoms with van der Waals surface area (Å²) in [6.45, 7) is 0.483. The van der Waals surface area contributed by atoms with Crippen LogP contribution in [0.1, 0.15) is 15.9 Å². The van der Waals surface area contributed by atoms with Gasteiger partial charge in [0.2, 0.25) is 0 Å². The van der Waals surface area contributed by atoms with Gasteiger partial charge in [0.05, 0.1) is 0 Å². The van der Waals surface area contributed by atoms with E-state index in [-0.39, 0.29) is 6.10 Å². The third-order valence-corrected chi connectivity index (χ3v) is 3.14. The van der Waals surface area contributed by atoms with Gasteiger partial charge in [0.1, 0.15) is 30.5 Å². The summed E-state index contributed by atoms with van der Waals surface area (Å²) in [6.07, 6.45) is 1.72. The molecule has 2 aromatic carbocycles. The van der Waals surface area contributed by atoms with E-state index in [1.165, 1.54) is 5.56 Å². The maximum absolute atomic E-state index is 10.7. The maximum Gasteiger partial charge on any atom is 0.150 e. The van der Waals surface area contributed by atoms with Gasteiger partial charge in [0.15, 0.2) is 0 Å². The van der Waals surface area contributed by atoms with Crippen molar-refractivity contribution in [2.45, 2.75) is 12.5 Å². The fraction of sp³-hybridized carbons (Fsp3) is 0.188. The summed E-state index contributed by atoms with van der Waals surface area (Å²) < 4.78 is 11.5. The van der Waals surface area contributed by atoms with Crippen molar-refractivity contribution in [2.75, 3.05) is 6.61 Å². The molecule has 0 aromatic heterocycles. The molecule has 1 unspecified atom stereocenters. The molecular weight excluding hydrogens is 240 g/mol. The number of rotatable bonds is 4. The van der Waals surface area contributed by atoms with Gasteiger partial charge in [-0.15, -0.1) is 0 Å². The van der Waals surface area contributed by atoms with Crippen molar-refractivity contribution < 1.29 is 14.3 Å². The Kier molecular flexibility index (Phi) is 3.19. The number of benzene rings is 2. The Morgan fingerprint density at radius 2 is 2.11 bits per heavy atom. The normalized spacial score (nSPS) is 16.5. The molecule has 1 heterocycles. The fourth-order valence-electron chi connectivity index (χ4n) is 2.21. The van der Waals surface area contributed by atoms with E-state index in [1.807, 2.05) is 30.3 Å². The molecule has 0 aliphatic carbocycles. The smallest absolute Gasteiger partial charge is 0.150 e. The molecule has 0 N–H and O–H groups in total. The molecule has 0 saturated heterocycles. The third kappa shape index (κ3) is 2.60. The number of carbonyl (C=O) groups excluding carboxylic acids is 1. The first-order valence-electron chi connectivity index (χ1n) is 6.28. The van der Waals surface area contributed by atoms with Crippen LogP contribution in [-0.2, 0) is 6.42 Å². The number of fused-ring (bicyclic) bond motifs is 1. The van der Waals surface area contributed by atoms with E-state index >= 15 is 0 Å². The Morgan fingerprint density at radius 1 is 1.21 bits per heavy atom. The molecule has 0 saturated carbocycles. The van der Waals surface area contributed by atoms with E-state index in [2.05, 4.69) is 6.07 Å². The van der Waals surface area contributed by atoms with Crippen LogP contribution in [0.3, 0.4) is 0 Å². The predicted octanol–water partition coefficient (Wildman–Crippen LogP) is 2.88. The summed E-state index contributed by atoms with van der Waals surface area (Å²) in [6, 6.07) is 15.2. The zero-order valence-corrected chi connectivity index (χ0v) is 10.4. The lowest BCUT2D eigenvalue weighted by Gasteiger charge is -2.12. The Bertz CT molecular complexity index is 567. The lowest BCUT2D eigenvalue weighted by atomic mass is 10.1. The largest absolute Gasteiger partial charge is 0.490 e. The highest BCUT2D eigenvalue weighted by atomic mass is 16.5. The van der Waals surface area contributed by atoms with Gasteiger partial charge in [-0.3, -0.25) is 4.79 Å². The van der Waals surface area contributed by atoms with Crippen molar-refractivity contribution in [2.24, 2.45) is 0 Å². The van der Waals surface area contributed by atoms with Crippen LogP contribution in [0.15, 0.2) is 48.5 Å². The Balaban J connectivity index is 1.61. The lowest BCUT2D eigenvalue weighted by molar-refractivity contribution is 0.112. The molecule has 2 aromatic rings. The number of aldehydes is 1. The lowest BCUT2D eigenvalue weighted by Crippen LogP contribution is -2.22. The van der Waals surface area contributed by atoms with Crippen LogP contribution in [0.2, 0.25) is 0 Å². The van der Waals surface area contributed by atoms with Crippen LogP contribution in [0.25, 0.3) is 0 Å². The molecule has 0 radical (unpaired) electrons. The van der Waals surface area contributed by atoms with Gasteiger partial charge in [-0.25, -0.2) is 0 Å². The first-order chi connectivity index (χ1) is 9.35. The highest BCUT2D eigenvalue weighted by Crippen LogP contribution is 2.28. The molecule has 19 heavy (non-hydrogen) atoms. The Labute approximate surface area is 111 Å². The number of hydrogen-bond acceptors (Lipinski definition) is 3. The first kappa shape index (κ1) is 11.8. The molecule has 1 atom stereocenters. The number of para-hydroxylation sites is 1. The summed E-state index contributed by atoms with van der Waals surface area (Å²) in [7, 11) is 0. The van der Waals surface area contributed by atoms with E-state index in [0.717, 1.165) is 18.5 Å². The second-order valence-electron chi connectivity index (χ2n) is 4.55. The SMILES string of the molecule is O=Cc1cccc(OCC2Cc3ccccc3O2)c1. The molecular formula is C16H14O3. The van der Waals surface area contributed by atoms with E-state index in [1.54, 1.807) is 12.1 Å². The van der Waals surface area contributed by atoms with Gasteiger partial charge in [-0.05, 0) is 23.8 Å². The second-order valence-corrected chi connectivity index (χ2v) is 4.55. The standard InChI is InChI=1S/C16H14O3/c17-10-12-4-3-6-14(8-12)18-11-15-9-13-5-1-2-7-16(13)19-15/h1-8,10,15H,9,11H2. The van der Waals surface area contributed by atoms with Crippen LogP contribution in [0, 0.1) is 0 Å². The van der Waals surface area contributed by atoms with Gasteiger partial charge in [0, 0.05) is 12.0 Å². The second kappa shape index (κ2) is 5.14. The van der Waals surface area contributed by atoms with Crippen LogP contribution < -0.4 is 9.47 Å². The van der Waals surface area contributed by atoms with Crippen molar-refractivity contribution in [3.63, 3.8) is 0 Å². The summed E-state index contributed by atoms with van der Waals surface area (Å²) >= 11 is 0. The minimum atomic E-state index is 0.0392. The van der Waals surface area contributed by atoms with Crippen molar-refractivity contribution in [3.05, 3.63) is 59.7 Å². The van der Waals surface area contributed by atoms with Crippen molar-refractivity contribution in [1.82, 2.24) is 0 Å². The van der Waals surface area contributed by atoms with Gasteiger partial charge >= 0.3 is 0 Å². The maximum atomic E-state index is 10.7. The monoisotopic (exact) mass is 254 g/mol. The molecule has 0 amide bonds. The molecule has 0 bridgehead atoms. The van der Waals surface area contributed by atoms with E-state index in [4.69, 9.17) is 9.47 Å². The molecule has 3 nitrogen and oxygen atoms in total. The molecule has 0 fully saturated rings. The number of carbonyl (C=O) groups is 1. The highest BCUT2D eigenvalue weighted by molar-refractivity contribution is 5.75. The molecule has 1 aliphatic rings. The molecule has 3 heteroatoms. The summed E-state index contributed by atoms with van der Waals surface area (Å²) in [5, 5.41) is 0. The minimum absolute atomic E-state index is 0.0392. The van der Waals surface area contributed by atoms with E-state index in [0.29, 0.717) is 17.9 Å². The van der Waals surface area contributed by atoms with Crippen molar-refractivity contribution in [3.8, 4) is 11.5 Å². The quantitative estimate of drug-likeness (QED) is 0.787. The van der Waals surface area contributed by atoms with Crippen LogP contribution in [0.5, 0.6) is 11.5 Å². The van der Waals surface area contributed by atoms with Gasteiger partial charge in [-0.1, -0.05) is 30.3 Å². The Hall–Kier alpha value is -2.29. The first-order valence-corrected chi connectivity index (χ1v) is 6.28. The highest BCUT2D eigenvalue weighted by Gasteiger charge is 2.22. The molecule has 3 rings (SSSR count). The summed E-state index contributed by atoms with van der Waals surface area (Å²) in [5.41, 5.74) is 1.84. The van der Waals surface area contributed by atoms with Gasteiger partial charge < -0.3 is 9.47 Å². The van der Waals surface area contributed by atoms with Crippen molar-refractivity contribution >= 4 is 6.29 Å². The topological polar surface area (TPSA) is 35.5 Å². The zero-order valence-electron chi connectivity index (χ0n) is 10.4.